The van der Waals surface area contributed by atoms with Gasteiger partial charge in [0.05, 0.1) is 16.7 Å². The van der Waals surface area contributed by atoms with Crippen molar-refractivity contribution in [1.82, 2.24) is 0 Å². The van der Waals surface area contributed by atoms with Crippen LogP contribution in [0.1, 0.15) is 4.11 Å². The first-order valence-corrected chi connectivity index (χ1v) is 3.11. The molecule has 0 aliphatic rings. The van der Waals surface area contributed by atoms with E-state index in [4.69, 9.17) is 14.2 Å². The standard InChI is InChI=1S/C7H8BFO3/c1-12-6-4-2-3-5(9)7(6)8(10)11/h2-4,10-11H,1H3/i2D,3D,4D. The molecule has 64 valence electrons. The summed E-state index contributed by atoms with van der Waals surface area (Å²) < 4.78 is 39.6. The summed E-state index contributed by atoms with van der Waals surface area (Å²) in [4.78, 5) is 0. The summed E-state index contributed by atoms with van der Waals surface area (Å²) in [7, 11) is -1.07. The van der Waals surface area contributed by atoms with Gasteiger partial charge in [-0.1, -0.05) is 6.04 Å². The van der Waals surface area contributed by atoms with Crippen molar-refractivity contribution in [3.05, 3.63) is 23.9 Å². The first kappa shape index (κ1) is 5.56. The molecule has 1 rings (SSSR count). The maximum Gasteiger partial charge on any atom is 0.495 e. The molecular weight excluding hydrogens is 162 g/mol. The van der Waals surface area contributed by atoms with Crippen molar-refractivity contribution >= 4 is 12.6 Å². The van der Waals surface area contributed by atoms with Crippen LogP contribution in [0.5, 0.6) is 5.75 Å². The molecule has 0 fully saturated rings. The van der Waals surface area contributed by atoms with E-state index in [1.807, 2.05) is 0 Å². The fraction of sp³-hybridized carbons (Fsp3) is 0.143. The summed E-state index contributed by atoms with van der Waals surface area (Å²) in [5, 5.41) is 17.7. The van der Waals surface area contributed by atoms with Crippen LogP contribution < -0.4 is 10.2 Å². The van der Waals surface area contributed by atoms with Crippen LogP contribution in [0.15, 0.2) is 18.1 Å². The van der Waals surface area contributed by atoms with Crippen LogP contribution in [0.25, 0.3) is 0 Å². The third kappa shape index (κ3) is 1.57. The van der Waals surface area contributed by atoms with Crippen LogP contribution in [-0.2, 0) is 0 Å². The Kier molecular flexibility index (Phi) is 1.65. The minimum absolute atomic E-state index is 0.441. The summed E-state index contributed by atoms with van der Waals surface area (Å²) in [5.74, 6) is -1.70. The van der Waals surface area contributed by atoms with E-state index in [9.17, 15) is 4.39 Å². The van der Waals surface area contributed by atoms with Gasteiger partial charge in [-0.3, -0.25) is 0 Å². The van der Waals surface area contributed by atoms with Gasteiger partial charge < -0.3 is 14.8 Å². The first-order chi connectivity index (χ1) is 6.91. The second-order valence-corrected chi connectivity index (χ2v) is 2.01. The lowest BCUT2D eigenvalue weighted by molar-refractivity contribution is 0.399. The van der Waals surface area contributed by atoms with Crippen LogP contribution in [0.4, 0.5) is 4.39 Å². The second kappa shape index (κ2) is 3.56. The Morgan fingerprint density at radius 1 is 1.58 bits per heavy atom. The lowest BCUT2D eigenvalue weighted by Crippen LogP contribution is -2.33. The maximum atomic E-state index is 13.3. The fourth-order valence-corrected chi connectivity index (χ4v) is 0.769. The molecule has 0 saturated carbocycles. The van der Waals surface area contributed by atoms with Gasteiger partial charge in [0.2, 0.25) is 0 Å². The van der Waals surface area contributed by atoms with Crippen LogP contribution in [0, 0.1) is 5.82 Å². The summed E-state index contributed by atoms with van der Waals surface area (Å²) in [6.45, 7) is 0. The van der Waals surface area contributed by atoms with Gasteiger partial charge in [0, 0.05) is 0 Å². The van der Waals surface area contributed by atoms with Gasteiger partial charge in [0.25, 0.3) is 0 Å². The predicted molar refractivity (Wildman–Crippen MR) is 42.8 cm³/mol. The average molecular weight is 173 g/mol. The lowest BCUT2D eigenvalue weighted by Gasteiger charge is -2.07. The van der Waals surface area contributed by atoms with E-state index in [0.29, 0.717) is 0 Å². The molecule has 1 aromatic carbocycles. The average Bonchev–Trinajstić information content (AvgIpc) is 2.19. The molecule has 0 unspecified atom stereocenters. The minimum Gasteiger partial charge on any atom is -0.497 e. The predicted octanol–water partition coefficient (Wildman–Crippen LogP) is -0.486. The van der Waals surface area contributed by atoms with E-state index in [0.717, 1.165) is 7.11 Å². The summed E-state index contributed by atoms with van der Waals surface area (Å²) in [5.41, 5.74) is -0.691. The number of halogens is 1. The zero-order valence-corrected chi connectivity index (χ0v) is 6.26. The smallest absolute Gasteiger partial charge is 0.495 e. The highest BCUT2D eigenvalue weighted by Crippen LogP contribution is 2.08. The molecule has 0 saturated heterocycles. The Bertz CT molecular complexity index is 400. The zero-order chi connectivity index (χ0) is 11.7. The highest BCUT2D eigenvalue weighted by molar-refractivity contribution is 6.59. The number of hydrogen-bond donors (Lipinski definition) is 2. The molecule has 0 bridgehead atoms. The van der Waals surface area contributed by atoms with Gasteiger partial charge in [0.1, 0.15) is 11.6 Å². The summed E-state index contributed by atoms with van der Waals surface area (Å²) in [6, 6.07) is -2.07. The van der Waals surface area contributed by atoms with Gasteiger partial charge in [-0.15, -0.1) is 0 Å². The van der Waals surface area contributed by atoms with Crippen LogP contribution in [-0.4, -0.2) is 24.3 Å². The number of methoxy groups -OCH3 is 1. The van der Waals surface area contributed by atoms with E-state index in [1.165, 1.54) is 0 Å². The number of benzene rings is 1. The van der Waals surface area contributed by atoms with Crippen molar-refractivity contribution in [2.45, 2.75) is 0 Å². The van der Waals surface area contributed by atoms with Crippen molar-refractivity contribution in [3.63, 3.8) is 0 Å². The Morgan fingerprint density at radius 2 is 2.25 bits per heavy atom. The Morgan fingerprint density at radius 3 is 2.75 bits per heavy atom. The molecule has 0 spiro atoms. The zero-order valence-electron chi connectivity index (χ0n) is 9.26. The molecular formula is C7H8BFO3. The molecule has 3 nitrogen and oxygen atoms in total. The maximum absolute atomic E-state index is 13.3. The van der Waals surface area contributed by atoms with Gasteiger partial charge in [-0.25, -0.2) is 4.39 Å². The summed E-state index contributed by atoms with van der Waals surface area (Å²) in [6.07, 6.45) is 0. The lowest BCUT2D eigenvalue weighted by atomic mass is 9.79. The molecule has 0 aromatic heterocycles. The quantitative estimate of drug-likeness (QED) is 0.593. The molecule has 5 heteroatoms. The van der Waals surface area contributed by atoms with E-state index >= 15 is 0 Å². The van der Waals surface area contributed by atoms with Crippen molar-refractivity contribution in [1.29, 1.82) is 0 Å². The molecule has 2 N–H and O–H groups in total. The largest absolute Gasteiger partial charge is 0.497 e. The van der Waals surface area contributed by atoms with Gasteiger partial charge in [-0.2, -0.15) is 0 Å². The topological polar surface area (TPSA) is 49.7 Å². The molecule has 12 heavy (non-hydrogen) atoms. The van der Waals surface area contributed by atoms with Crippen LogP contribution >= 0.6 is 0 Å². The number of rotatable bonds is 2. The number of hydrogen-bond acceptors (Lipinski definition) is 3. The third-order valence-corrected chi connectivity index (χ3v) is 1.29. The Balaban J connectivity index is 3.62. The monoisotopic (exact) mass is 173 g/mol. The van der Waals surface area contributed by atoms with Crippen molar-refractivity contribution in [2.75, 3.05) is 7.11 Å². The minimum atomic E-state index is -2.19. The molecule has 1 aromatic rings. The Labute approximate surface area is 73.8 Å². The second-order valence-electron chi connectivity index (χ2n) is 2.01. The molecule has 0 aliphatic carbocycles. The van der Waals surface area contributed by atoms with Gasteiger partial charge >= 0.3 is 7.12 Å². The molecule has 0 radical (unpaired) electrons. The first-order valence-electron chi connectivity index (χ1n) is 4.61. The van der Waals surface area contributed by atoms with E-state index in [-0.39, 0.29) is 0 Å². The highest BCUT2D eigenvalue weighted by atomic mass is 19.1. The van der Waals surface area contributed by atoms with Gasteiger partial charge in [0.15, 0.2) is 0 Å². The molecule has 0 aliphatic heterocycles. The van der Waals surface area contributed by atoms with Crippen molar-refractivity contribution < 1.29 is 23.3 Å². The van der Waals surface area contributed by atoms with E-state index in [2.05, 4.69) is 4.74 Å². The fourth-order valence-electron chi connectivity index (χ4n) is 0.769. The number of ether oxygens (including phenoxy) is 1. The van der Waals surface area contributed by atoms with Crippen LogP contribution in [0.2, 0.25) is 0 Å². The van der Waals surface area contributed by atoms with Gasteiger partial charge in [-0.05, 0) is 12.1 Å². The molecule has 0 atom stereocenters. The molecule has 0 heterocycles. The third-order valence-electron chi connectivity index (χ3n) is 1.29. The normalized spacial score (nSPS) is 13.2. The van der Waals surface area contributed by atoms with Crippen molar-refractivity contribution in [2.24, 2.45) is 0 Å². The highest BCUT2D eigenvalue weighted by Gasteiger charge is 2.21. The van der Waals surface area contributed by atoms with E-state index < -0.39 is 42.3 Å². The van der Waals surface area contributed by atoms with Crippen LogP contribution in [0.3, 0.4) is 0 Å². The van der Waals surface area contributed by atoms with Crippen molar-refractivity contribution in [3.8, 4) is 5.75 Å². The molecule has 0 amide bonds. The Hall–Kier alpha value is -1.07. The summed E-state index contributed by atoms with van der Waals surface area (Å²) >= 11 is 0. The van der Waals surface area contributed by atoms with E-state index in [1.54, 1.807) is 0 Å². The SMILES string of the molecule is [2H]c1c([2H])c(F)c(B(O)O)c(OC)c1[2H].